The monoisotopic (exact) mass is 209 g/mol. The van der Waals surface area contributed by atoms with Crippen molar-refractivity contribution in [3.05, 3.63) is 29.6 Å². The van der Waals surface area contributed by atoms with Gasteiger partial charge in [-0.1, -0.05) is 0 Å². The molecule has 3 heteroatoms. The normalized spacial score (nSPS) is 11.1. The molecule has 0 atom stereocenters. The SMILES string of the molecule is Cc1cc(F)ccc1SC(C)(C)C#N. The second kappa shape index (κ2) is 4.02. The van der Waals surface area contributed by atoms with Crippen molar-refractivity contribution in [2.75, 3.05) is 0 Å². The lowest BCUT2D eigenvalue weighted by atomic mass is 10.2. The summed E-state index contributed by atoms with van der Waals surface area (Å²) >= 11 is 1.45. The zero-order chi connectivity index (χ0) is 10.8. The van der Waals surface area contributed by atoms with Crippen molar-refractivity contribution in [1.29, 1.82) is 5.26 Å². The van der Waals surface area contributed by atoms with Crippen LogP contribution in [0.1, 0.15) is 19.4 Å². The Morgan fingerprint density at radius 1 is 1.43 bits per heavy atom. The molecule has 1 aromatic rings. The number of nitrogens with zero attached hydrogens (tertiary/aromatic N) is 1. The highest BCUT2D eigenvalue weighted by Crippen LogP contribution is 2.33. The molecule has 0 bridgehead atoms. The maximum absolute atomic E-state index is 12.8. The van der Waals surface area contributed by atoms with Crippen LogP contribution in [0.5, 0.6) is 0 Å². The molecule has 0 N–H and O–H groups in total. The average molecular weight is 209 g/mol. The largest absolute Gasteiger partial charge is 0.207 e. The van der Waals surface area contributed by atoms with Gasteiger partial charge in [0, 0.05) is 4.90 Å². The smallest absolute Gasteiger partial charge is 0.123 e. The van der Waals surface area contributed by atoms with Crippen LogP contribution in [0.3, 0.4) is 0 Å². The number of nitriles is 1. The zero-order valence-corrected chi connectivity index (χ0v) is 9.28. The predicted molar refractivity (Wildman–Crippen MR) is 56.7 cm³/mol. The van der Waals surface area contributed by atoms with Crippen LogP contribution in [-0.2, 0) is 0 Å². The molecule has 0 spiro atoms. The van der Waals surface area contributed by atoms with Crippen LogP contribution in [0.25, 0.3) is 0 Å². The summed E-state index contributed by atoms with van der Waals surface area (Å²) in [6.45, 7) is 5.54. The summed E-state index contributed by atoms with van der Waals surface area (Å²) in [7, 11) is 0. The molecule has 0 heterocycles. The molecule has 0 aliphatic heterocycles. The van der Waals surface area contributed by atoms with E-state index in [4.69, 9.17) is 5.26 Å². The van der Waals surface area contributed by atoms with E-state index in [-0.39, 0.29) is 5.82 Å². The number of aryl methyl sites for hydroxylation is 1. The molecular weight excluding hydrogens is 197 g/mol. The minimum absolute atomic E-state index is 0.235. The molecule has 0 fully saturated rings. The van der Waals surface area contributed by atoms with Gasteiger partial charge in [0.1, 0.15) is 10.6 Å². The van der Waals surface area contributed by atoms with Gasteiger partial charge in [-0.25, -0.2) is 4.39 Å². The lowest BCUT2D eigenvalue weighted by Gasteiger charge is -2.15. The van der Waals surface area contributed by atoms with E-state index in [2.05, 4.69) is 6.07 Å². The highest BCUT2D eigenvalue weighted by atomic mass is 32.2. The van der Waals surface area contributed by atoms with Crippen molar-refractivity contribution in [3.63, 3.8) is 0 Å². The molecule has 1 nitrogen and oxygen atoms in total. The average Bonchev–Trinajstić information content (AvgIpc) is 2.10. The molecular formula is C11H12FNS. The van der Waals surface area contributed by atoms with Gasteiger partial charge in [0.2, 0.25) is 0 Å². The lowest BCUT2D eigenvalue weighted by molar-refractivity contribution is 0.625. The van der Waals surface area contributed by atoms with Gasteiger partial charge in [-0.3, -0.25) is 0 Å². The Bertz CT molecular complexity index is 379. The number of rotatable bonds is 2. The van der Waals surface area contributed by atoms with E-state index in [1.54, 1.807) is 6.07 Å². The molecule has 0 aromatic heterocycles. The van der Waals surface area contributed by atoms with Crippen LogP contribution in [0, 0.1) is 24.1 Å². The number of hydrogen-bond acceptors (Lipinski definition) is 2. The van der Waals surface area contributed by atoms with Crippen LogP contribution in [-0.4, -0.2) is 4.75 Å². The quantitative estimate of drug-likeness (QED) is 0.696. The summed E-state index contributed by atoms with van der Waals surface area (Å²) in [6, 6.07) is 6.82. The van der Waals surface area contributed by atoms with E-state index in [0.717, 1.165) is 10.5 Å². The molecule has 0 radical (unpaired) electrons. The van der Waals surface area contributed by atoms with E-state index < -0.39 is 4.75 Å². The Morgan fingerprint density at radius 3 is 2.57 bits per heavy atom. The van der Waals surface area contributed by atoms with Crippen molar-refractivity contribution >= 4 is 11.8 Å². The Kier molecular flexibility index (Phi) is 3.17. The molecule has 1 rings (SSSR count). The molecule has 0 unspecified atom stereocenters. The van der Waals surface area contributed by atoms with Gasteiger partial charge in [0.05, 0.1) is 6.07 Å². The van der Waals surface area contributed by atoms with Crippen LogP contribution < -0.4 is 0 Å². The topological polar surface area (TPSA) is 23.8 Å². The van der Waals surface area contributed by atoms with Gasteiger partial charge in [0.25, 0.3) is 0 Å². The molecule has 14 heavy (non-hydrogen) atoms. The predicted octanol–water partition coefficient (Wildman–Crippen LogP) is 3.53. The molecule has 0 aliphatic carbocycles. The lowest BCUT2D eigenvalue weighted by Crippen LogP contribution is -2.10. The van der Waals surface area contributed by atoms with E-state index in [1.165, 1.54) is 23.9 Å². The second-order valence-corrected chi connectivity index (χ2v) is 5.30. The third-order valence-corrected chi connectivity index (χ3v) is 3.05. The summed E-state index contributed by atoms with van der Waals surface area (Å²) in [5, 5.41) is 8.86. The van der Waals surface area contributed by atoms with Crippen LogP contribution in [0.2, 0.25) is 0 Å². The Hall–Kier alpha value is -1.01. The summed E-state index contributed by atoms with van der Waals surface area (Å²) < 4.78 is 12.3. The molecule has 0 saturated carbocycles. The standard InChI is InChI=1S/C11H12FNS/c1-8-6-9(12)4-5-10(8)14-11(2,3)7-13/h4-6H,1-3H3. The van der Waals surface area contributed by atoms with Gasteiger partial charge >= 0.3 is 0 Å². The first-order valence-corrected chi connectivity index (χ1v) is 5.13. The minimum Gasteiger partial charge on any atom is -0.207 e. The molecule has 74 valence electrons. The van der Waals surface area contributed by atoms with E-state index in [0.29, 0.717) is 0 Å². The highest BCUT2D eigenvalue weighted by molar-refractivity contribution is 8.01. The summed E-state index contributed by atoms with van der Waals surface area (Å²) in [5.74, 6) is -0.235. The Morgan fingerprint density at radius 2 is 2.07 bits per heavy atom. The molecule has 1 aromatic carbocycles. The number of hydrogen-bond donors (Lipinski definition) is 0. The van der Waals surface area contributed by atoms with Gasteiger partial charge in [-0.05, 0) is 44.5 Å². The summed E-state index contributed by atoms with van der Waals surface area (Å²) in [6.07, 6.45) is 0. The summed E-state index contributed by atoms with van der Waals surface area (Å²) in [4.78, 5) is 0.956. The van der Waals surface area contributed by atoms with Crippen LogP contribution in [0.4, 0.5) is 4.39 Å². The Balaban J connectivity index is 2.94. The van der Waals surface area contributed by atoms with Gasteiger partial charge in [-0.15, -0.1) is 11.8 Å². The van der Waals surface area contributed by atoms with Crippen molar-refractivity contribution in [3.8, 4) is 6.07 Å². The second-order valence-electron chi connectivity index (χ2n) is 3.63. The van der Waals surface area contributed by atoms with E-state index in [1.807, 2.05) is 20.8 Å². The third-order valence-electron chi connectivity index (χ3n) is 1.77. The van der Waals surface area contributed by atoms with Crippen LogP contribution in [0.15, 0.2) is 23.1 Å². The maximum Gasteiger partial charge on any atom is 0.123 e. The van der Waals surface area contributed by atoms with Gasteiger partial charge < -0.3 is 0 Å². The molecule has 0 aliphatic rings. The highest BCUT2D eigenvalue weighted by Gasteiger charge is 2.19. The minimum atomic E-state index is -0.470. The number of benzene rings is 1. The first kappa shape index (κ1) is 11.1. The van der Waals surface area contributed by atoms with E-state index in [9.17, 15) is 4.39 Å². The van der Waals surface area contributed by atoms with Crippen molar-refractivity contribution in [1.82, 2.24) is 0 Å². The fourth-order valence-electron chi connectivity index (χ4n) is 1.03. The third kappa shape index (κ3) is 2.74. The fraction of sp³-hybridized carbons (Fsp3) is 0.364. The molecule has 0 saturated heterocycles. The zero-order valence-electron chi connectivity index (χ0n) is 8.47. The van der Waals surface area contributed by atoms with Crippen molar-refractivity contribution in [2.24, 2.45) is 0 Å². The first-order valence-electron chi connectivity index (χ1n) is 4.31. The maximum atomic E-state index is 12.8. The van der Waals surface area contributed by atoms with Crippen molar-refractivity contribution in [2.45, 2.75) is 30.4 Å². The number of halogens is 1. The number of thioether (sulfide) groups is 1. The van der Waals surface area contributed by atoms with Gasteiger partial charge in [-0.2, -0.15) is 5.26 Å². The van der Waals surface area contributed by atoms with Crippen LogP contribution >= 0.6 is 11.8 Å². The fourth-order valence-corrected chi connectivity index (χ4v) is 1.98. The van der Waals surface area contributed by atoms with Crippen molar-refractivity contribution < 1.29 is 4.39 Å². The first-order chi connectivity index (χ1) is 6.44. The van der Waals surface area contributed by atoms with Gasteiger partial charge in [0.15, 0.2) is 0 Å². The Labute approximate surface area is 87.9 Å². The van der Waals surface area contributed by atoms with E-state index >= 15 is 0 Å². The summed E-state index contributed by atoms with van der Waals surface area (Å²) in [5.41, 5.74) is 0.873. The molecule has 0 amide bonds.